The fraction of sp³-hybridized carbons (Fsp3) is 0.231. The second kappa shape index (κ2) is 10.6. The Labute approximate surface area is 189 Å². The molecule has 2 amide bonds. The van der Waals surface area contributed by atoms with E-state index in [1.54, 1.807) is 4.90 Å². The highest BCUT2D eigenvalue weighted by atomic mass is 16.2. The lowest BCUT2D eigenvalue weighted by molar-refractivity contribution is 0.150. The van der Waals surface area contributed by atoms with Gasteiger partial charge in [0.2, 0.25) is 0 Å². The fourth-order valence-electron chi connectivity index (χ4n) is 3.90. The number of urea groups is 1. The second-order valence-electron chi connectivity index (χ2n) is 7.90. The number of fused-ring (bicyclic) bond motifs is 1. The minimum atomic E-state index is -0.222. The Balaban J connectivity index is 1.20. The Kier molecular flexibility index (Phi) is 7.15. The summed E-state index contributed by atoms with van der Waals surface area (Å²) in [7, 11) is 0. The molecule has 6 nitrogen and oxygen atoms in total. The molecule has 3 aromatic carbocycles. The van der Waals surface area contributed by atoms with Crippen LogP contribution in [0.4, 0.5) is 4.79 Å². The van der Waals surface area contributed by atoms with Crippen LogP contribution in [-0.4, -0.2) is 54.5 Å². The third-order valence-corrected chi connectivity index (χ3v) is 5.70. The molecule has 1 fully saturated rings. The predicted octanol–water partition coefficient (Wildman–Crippen LogP) is 3.90. The average molecular weight is 428 g/mol. The van der Waals surface area contributed by atoms with Crippen molar-refractivity contribution in [3.63, 3.8) is 0 Å². The van der Waals surface area contributed by atoms with Crippen LogP contribution in [0.1, 0.15) is 11.1 Å². The summed E-state index contributed by atoms with van der Waals surface area (Å²) in [4.78, 5) is 16.6. The quantitative estimate of drug-likeness (QED) is 0.427. The third-order valence-electron chi connectivity index (χ3n) is 5.70. The Morgan fingerprint density at radius 2 is 1.62 bits per heavy atom. The fourth-order valence-corrected chi connectivity index (χ4v) is 3.90. The van der Waals surface area contributed by atoms with Crippen LogP contribution in [0.25, 0.3) is 16.8 Å². The molecule has 0 spiro atoms. The van der Waals surface area contributed by atoms with Gasteiger partial charge in [-0.2, -0.15) is 0 Å². The largest absolute Gasteiger partial charge is 0.352 e. The maximum absolute atomic E-state index is 12.5. The van der Waals surface area contributed by atoms with Crippen molar-refractivity contribution in [2.75, 3.05) is 32.7 Å². The average Bonchev–Trinajstić information content (AvgIpc) is 2.84. The van der Waals surface area contributed by atoms with Crippen LogP contribution in [0.5, 0.6) is 0 Å². The number of hydrogen-bond acceptors (Lipinski definition) is 3. The molecule has 3 N–H and O–H groups in total. The van der Waals surface area contributed by atoms with Gasteiger partial charge in [0, 0.05) is 39.3 Å². The molecule has 164 valence electrons. The Bertz CT molecular complexity index is 1080. The van der Waals surface area contributed by atoms with Crippen LogP contribution in [0.15, 0.2) is 78.9 Å². The number of amides is 2. The lowest BCUT2D eigenvalue weighted by Gasteiger charge is -2.34. The van der Waals surface area contributed by atoms with E-state index in [9.17, 15) is 4.79 Å². The molecule has 0 radical (unpaired) electrons. The normalized spacial score (nSPS) is 14.6. The van der Waals surface area contributed by atoms with Gasteiger partial charge in [0.25, 0.3) is 0 Å². The van der Waals surface area contributed by atoms with Crippen LogP contribution in [0.2, 0.25) is 0 Å². The number of guanidine groups is 1. The lowest BCUT2D eigenvalue weighted by atomic mass is 10.0. The highest BCUT2D eigenvalue weighted by Gasteiger charge is 2.21. The first-order valence-corrected chi connectivity index (χ1v) is 11.0. The van der Waals surface area contributed by atoms with Gasteiger partial charge in [-0.15, -0.1) is 0 Å². The summed E-state index contributed by atoms with van der Waals surface area (Å²) in [5, 5.41) is 16.1. The standard InChI is InChI=1S/C26H29N5O/c27-25(28-20-23-13-6-12-22-11-4-5-14-24(22)23)29-26(32)31-18-16-30(17-19-31)15-7-10-21-8-2-1-3-9-21/h1-14H,15-20H2,(H3,27,28,29,32)/b10-7+. The molecule has 0 saturated carbocycles. The molecular weight excluding hydrogens is 398 g/mol. The molecule has 0 atom stereocenters. The number of carbonyl (C=O) groups is 1. The van der Waals surface area contributed by atoms with Crippen molar-refractivity contribution in [1.29, 1.82) is 5.41 Å². The van der Waals surface area contributed by atoms with E-state index in [2.05, 4.69) is 58.0 Å². The van der Waals surface area contributed by atoms with Crippen LogP contribution in [0.3, 0.4) is 0 Å². The highest BCUT2D eigenvalue weighted by Crippen LogP contribution is 2.18. The summed E-state index contributed by atoms with van der Waals surface area (Å²) in [6, 6.07) is 24.3. The van der Waals surface area contributed by atoms with E-state index in [0.717, 1.165) is 30.6 Å². The van der Waals surface area contributed by atoms with Crippen LogP contribution in [-0.2, 0) is 6.54 Å². The molecule has 0 aliphatic carbocycles. The molecule has 6 heteroatoms. The SMILES string of the molecule is N=C(NCc1cccc2ccccc12)NC(=O)N1CCN(C/C=C/c2ccccc2)CC1. The summed E-state index contributed by atoms with van der Waals surface area (Å²) in [6.45, 7) is 4.31. The number of piperazine rings is 1. The van der Waals surface area contributed by atoms with Crippen LogP contribution < -0.4 is 10.6 Å². The second-order valence-corrected chi connectivity index (χ2v) is 7.90. The first-order chi connectivity index (χ1) is 15.7. The Hall–Kier alpha value is -3.64. The van der Waals surface area contributed by atoms with Gasteiger partial charge >= 0.3 is 6.03 Å². The minimum absolute atomic E-state index is 0.0242. The number of hydrogen-bond donors (Lipinski definition) is 3. The van der Waals surface area contributed by atoms with Gasteiger partial charge in [-0.3, -0.25) is 15.6 Å². The maximum Gasteiger partial charge on any atom is 0.324 e. The summed E-state index contributed by atoms with van der Waals surface area (Å²) in [6.07, 6.45) is 4.29. The smallest absolute Gasteiger partial charge is 0.324 e. The van der Waals surface area contributed by atoms with E-state index in [1.165, 1.54) is 10.9 Å². The van der Waals surface area contributed by atoms with Crippen molar-refractivity contribution in [2.24, 2.45) is 0 Å². The molecule has 1 aliphatic rings. The zero-order valence-corrected chi connectivity index (χ0v) is 18.1. The number of nitrogens with zero attached hydrogens (tertiary/aromatic N) is 2. The van der Waals surface area contributed by atoms with Gasteiger partial charge in [0.15, 0.2) is 5.96 Å². The van der Waals surface area contributed by atoms with Gasteiger partial charge in [0.05, 0.1) is 0 Å². The van der Waals surface area contributed by atoms with Crippen molar-refractivity contribution in [2.45, 2.75) is 6.54 Å². The molecule has 3 aromatic rings. The van der Waals surface area contributed by atoms with E-state index in [4.69, 9.17) is 5.41 Å². The molecule has 4 rings (SSSR count). The summed E-state index contributed by atoms with van der Waals surface area (Å²) < 4.78 is 0. The summed E-state index contributed by atoms with van der Waals surface area (Å²) in [5.74, 6) is 0.0242. The zero-order valence-electron chi connectivity index (χ0n) is 18.1. The van der Waals surface area contributed by atoms with Gasteiger partial charge < -0.3 is 10.2 Å². The highest BCUT2D eigenvalue weighted by molar-refractivity contribution is 5.95. The monoisotopic (exact) mass is 427 g/mol. The first-order valence-electron chi connectivity index (χ1n) is 11.0. The van der Waals surface area contributed by atoms with Crippen molar-refractivity contribution < 1.29 is 4.79 Å². The molecule has 0 unspecified atom stereocenters. The van der Waals surface area contributed by atoms with Crippen molar-refractivity contribution in [3.05, 3.63) is 90.0 Å². The molecule has 1 heterocycles. The van der Waals surface area contributed by atoms with Gasteiger partial charge in [-0.25, -0.2) is 4.79 Å². The number of rotatable bonds is 5. The Morgan fingerprint density at radius 3 is 2.44 bits per heavy atom. The minimum Gasteiger partial charge on any atom is -0.352 e. The predicted molar refractivity (Wildman–Crippen MR) is 131 cm³/mol. The van der Waals surface area contributed by atoms with Crippen molar-refractivity contribution in [3.8, 4) is 0 Å². The van der Waals surface area contributed by atoms with E-state index in [-0.39, 0.29) is 12.0 Å². The maximum atomic E-state index is 12.5. The van der Waals surface area contributed by atoms with Gasteiger partial charge in [0.1, 0.15) is 0 Å². The summed E-state index contributed by atoms with van der Waals surface area (Å²) >= 11 is 0. The molecular formula is C26H29N5O. The molecule has 1 aliphatic heterocycles. The molecule has 0 bridgehead atoms. The third kappa shape index (κ3) is 5.74. The van der Waals surface area contributed by atoms with Crippen LogP contribution >= 0.6 is 0 Å². The lowest BCUT2D eigenvalue weighted by Crippen LogP contribution is -2.54. The summed E-state index contributed by atoms with van der Waals surface area (Å²) in [5.41, 5.74) is 2.29. The molecule has 0 aromatic heterocycles. The van der Waals surface area contributed by atoms with Gasteiger partial charge in [-0.05, 0) is 21.9 Å². The van der Waals surface area contributed by atoms with Crippen molar-refractivity contribution in [1.82, 2.24) is 20.4 Å². The van der Waals surface area contributed by atoms with E-state index in [1.807, 2.05) is 42.5 Å². The number of benzene rings is 3. The van der Waals surface area contributed by atoms with E-state index >= 15 is 0 Å². The molecule has 32 heavy (non-hydrogen) atoms. The molecule has 1 saturated heterocycles. The van der Waals surface area contributed by atoms with Crippen LogP contribution in [0, 0.1) is 5.41 Å². The van der Waals surface area contributed by atoms with Gasteiger partial charge in [-0.1, -0.05) is 84.9 Å². The Morgan fingerprint density at radius 1 is 0.906 bits per heavy atom. The zero-order chi connectivity index (χ0) is 22.2. The topological polar surface area (TPSA) is 71.5 Å². The van der Waals surface area contributed by atoms with E-state index in [0.29, 0.717) is 19.6 Å². The van der Waals surface area contributed by atoms with E-state index < -0.39 is 0 Å². The number of carbonyl (C=O) groups excluding carboxylic acids is 1. The number of nitrogens with one attached hydrogen (secondary N) is 3. The first kappa shape index (κ1) is 21.6. The van der Waals surface area contributed by atoms with Crippen molar-refractivity contribution >= 4 is 28.8 Å².